The standard InChI is InChI=1S/C17H29N3/c1-14(2)7-8-15(3)19-16-9-10-17(18-13-16)20-11-5-4-6-12-20/h9-10,13-15,19H,4-8,11-12H2,1-3H3. The quantitative estimate of drug-likeness (QED) is 0.838. The summed E-state index contributed by atoms with van der Waals surface area (Å²) in [4.78, 5) is 7.01. The summed E-state index contributed by atoms with van der Waals surface area (Å²) in [5, 5.41) is 3.55. The van der Waals surface area contributed by atoms with Crippen molar-refractivity contribution in [2.45, 2.75) is 58.9 Å². The van der Waals surface area contributed by atoms with Crippen LogP contribution in [-0.4, -0.2) is 24.1 Å². The first-order valence-electron chi connectivity index (χ1n) is 8.12. The number of nitrogens with zero attached hydrogens (tertiary/aromatic N) is 2. The molecule has 0 bridgehead atoms. The summed E-state index contributed by atoms with van der Waals surface area (Å²) in [6, 6.07) is 4.84. The Hall–Kier alpha value is -1.25. The molecule has 0 radical (unpaired) electrons. The van der Waals surface area contributed by atoms with Gasteiger partial charge >= 0.3 is 0 Å². The minimum Gasteiger partial charge on any atom is -0.381 e. The molecular weight excluding hydrogens is 246 g/mol. The van der Waals surface area contributed by atoms with Crippen molar-refractivity contribution in [2.75, 3.05) is 23.3 Å². The molecule has 0 amide bonds. The third kappa shape index (κ3) is 4.69. The molecule has 1 aromatic rings. The van der Waals surface area contributed by atoms with Gasteiger partial charge in [-0.1, -0.05) is 13.8 Å². The molecule has 1 unspecified atom stereocenters. The van der Waals surface area contributed by atoms with Crippen LogP contribution in [0.15, 0.2) is 18.3 Å². The molecule has 1 fully saturated rings. The molecule has 3 nitrogen and oxygen atoms in total. The first-order chi connectivity index (χ1) is 9.65. The highest BCUT2D eigenvalue weighted by atomic mass is 15.2. The van der Waals surface area contributed by atoms with E-state index in [4.69, 9.17) is 0 Å². The largest absolute Gasteiger partial charge is 0.381 e. The molecule has 0 aliphatic carbocycles. The molecule has 1 aromatic heterocycles. The molecule has 1 saturated heterocycles. The van der Waals surface area contributed by atoms with E-state index in [1.807, 2.05) is 6.20 Å². The fourth-order valence-electron chi connectivity index (χ4n) is 2.72. The van der Waals surface area contributed by atoms with Gasteiger partial charge in [0.05, 0.1) is 11.9 Å². The molecule has 1 aliphatic heterocycles. The average Bonchev–Trinajstić information content (AvgIpc) is 2.47. The molecule has 0 aromatic carbocycles. The first kappa shape index (κ1) is 15.1. The SMILES string of the molecule is CC(C)CCC(C)Nc1ccc(N2CCCCC2)nc1. The number of aromatic nitrogens is 1. The van der Waals surface area contributed by atoms with Gasteiger partial charge in [0.1, 0.15) is 5.82 Å². The van der Waals surface area contributed by atoms with Crippen molar-refractivity contribution in [3.05, 3.63) is 18.3 Å². The number of hydrogen-bond donors (Lipinski definition) is 1. The third-order valence-corrected chi connectivity index (χ3v) is 4.02. The van der Waals surface area contributed by atoms with Crippen molar-refractivity contribution in [3.63, 3.8) is 0 Å². The van der Waals surface area contributed by atoms with Gasteiger partial charge in [-0.05, 0) is 57.1 Å². The summed E-state index contributed by atoms with van der Waals surface area (Å²) in [5.41, 5.74) is 1.14. The van der Waals surface area contributed by atoms with Crippen LogP contribution in [0.2, 0.25) is 0 Å². The van der Waals surface area contributed by atoms with Gasteiger partial charge in [-0.15, -0.1) is 0 Å². The zero-order chi connectivity index (χ0) is 14.4. The van der Waals surface area contributed by atoms with Crippen molar-refractivity contribution < 1.29 is 0 Å². The maximum absolute atomic E-state index is 4.61. The molecule has 20 heavy (non-hydrogen) atoms. The van der Waals surface area contributed by atoms with Crippen molar-refractivity contribution in [2.24, 2.45) is 5.92 Å². The highest BCUT2D eigenvalue weighted by Gasteiger charge is 2.12. The summed E-state index contributed by atoms with van der Waals surface area (Å²) in [7, 11) is 0. The number of anilines is 2. The van der Waals surface area contributed by atoms with Crippen LogP contribution in [0.25, 0.3) is 0 Å². The van der Waals surface area contributed by atoms with E-state index in [0.717, 1.165) is 30.5 Å². The van der Waals surface area contributed by atoms with E-state index in [0.29, 0.717) is 6.04 Å². The second kappa shape index (κ2) is 7.51. The zero-order valence-corrected chi connectivity index (χ0v) is 13.2. The summed E-state index contributed by atoms with van der Waals surface area (Å²) >= 11 is 0. The van der Waals surface area contributed by atoms with Crippen LogP contribution in [0.3, 0.4) is 0 Å². The molecule has 112 valence electrons. The predicted molar refractivity (Wildman–Crippen MR) is 87.5 cm³/mol. The van der Waals surface area contributed by atoms with Gasteiger partial charge in [-0.2, -0.15) is 0 Å². The smallest absolute Gasteiger partial charge is 0.128 e. The lowest BCUT2D eigenvalue weighted by Gasteiger charge is -2.27. The van der Waals surface area contributed by atoms with Crippen LogP contribution in [-0.2, 0) is 0 Å². The number of rotatable bonds is 6. The molecule has 1 atom stereocenters. The average molecular weight is 275 g/mol. The van der Waals surface area contributed by atoms with Crippen LogP contribution in [0, 0.1) is 5.92 Å². The molecule has 1 aliphatic rings. The zero-order valence-electron chi connectivity index (χ0n) is 13.2. The first-order valence-corrected chi connectivity index (χ1v) is 8.12. The highest BCUT2D eigenvalue weighted by Crippen LogP contribution is 2.19. The molecule has 2 heterocycles. The van der Waals surface area contributed by atoms with Gasteiger partial charge in [-0.25, -0.2) is 4.98 Å². The summed E-state index contributed by atoms with van der Waals surface area (Å²) in [6.07, 6.45) is 8.43. The maximum atomic E-state index is 4.61. The Kier molecular flexibility index (Phi) is 5.69. The predicted octanol–water partition coefficient (Wildman–Crippen LogP) is 4.31. The number of pyridine rings is 1. The van der Waals surface area contributed by atoms with E-state index in [-0.39, 0.29) is 0 Å². The fourth-order valence-corrected chi connectivity index (χ4v) is 2.72. The van der Waals surface area contributed by atoms with Gasteiger partial charge in [-0.3, -0.25) is 0 Å². The lowest BCUT2D eigenvalue weighted by molar-refractivity contribution is 0.527. The van der Waals surface area contributed by atoms with Crippen LogP contribution >= 0.6 is 0 Å². The molecule has 0 spiro atoms. The van der Waals surface area contributed by atoms with Crippen LogP contribution in [0.4, 0.5) is 11.5 Å². The fraction of sp³-hybridized carbons (Fsp3) is 0.706. The van der Waals surface area contributed by atoms with E-state index in [2.05, 4.69) is 48.1 Å². The van der Waals surface area contributed by atoms with Crippen LogP contribution in [0.1, 0.15) is 52.9 Å². The van der Waals surface area contributed by atoms with E-state index in [1.54, 1.807) is 0 Å². The van der Waals surface area contributed by atoms with Crippen molar-refractivity contribution in [3.8, 4) is 0 Å². The summed E-state index contributed by atoms with van der Waals surface area (Å²) in [6.45, 7) is 9.12. The van der Waals surface area contributed by atoms with E-state index in [1.165, 1.54) is 32.1 Å². The van der Waals surface area contributed by atoms with E-state index < -0.39 is 0 Å². The Bertz CT molecular complexity index is 380. The second-order valence-corrected chi connectivity index (χ2v) is 6.47. The third-order valence-electron chi connectivity index (χ3n) is 4.02. The Balaban J connectivity index is 1.84. The monoisotopic (exact) mass is 275 g/mol. The summed E-state index contributed by atoms with van der Waals surface area (Å²) < 4.78 is 0. The van der Waals surface area contributed by atoms with Crippen LogP contribution < -0.4 is 10.2 Å². The van der Waals surface area contributed by atoms with Gasteiger partial charge in [0.15, 0.2) is 0 Å². The normalized spacial score (nSPS) is 17.3. The Morgan fingerprint density at radius 1 is 1.10 bits per heavy atom. The van der Waals surface area contributed by atoms with Crippen molar-refractivity contribution in [1.82, 2.24) is 4.98 Å². The Labute approximate surface area is 123 Å². The molecular formula is C17H29N3. The lowest BCUT2D eigenvalue weighted by atomic mass is 10.0. The van der Waals surface area contributed by atoms with Crippen LogP contribution in [0.5, 0.6) is 0 Å². The topological polar surface area (TPSA) is 28.2 Å². The second-order valence-electron chi connectivity index (χ2n) is 6.47. The van der Waals surface area contributed by atoms with Crippen molar-refractivity contribution >= 4 is 11.5 Å². The van der Waals surface area contributed by atoms with E-state index in [9.17, 15) is 0 Å². The number of piperidine rings is 1. The number of nitrogens with one attached hydrogen (secondary N) is 1. The molecule has 0 saturated carbocycles. The molecule has 2 rings (SSSR count). The number of hydrogen-bond acceptors (Lipinski definition) is 3. The van der Waals surface area contributed by atoms with Gasteiger partial charge < -0.3 is 10.2 Å². The van der Waals surface area contributed by atoms with Crippen molar-refractivity contribution in [1.29, 1.82) is 0 Å². The minimum atomic E-state index is 0.514. The Morgan fingerprint density at radius 3 is 2.45 bits per heavy atom. The van der Waals surface area contributed by atoms with E-state index >= 15 is 0 Å². The molecule has 3 heteroatoms. The van der Waals surface area contributed by atoms with Gasteiger partial charge in [0.25, 0.3) is 0 Å². The van der Waals surface area contributed by atoms with Gasteiger partial charge in [0.2, 0.25) is 0 Å². The highest BCUT2D eigenvalue weighted by molar-refractivity contribution is 5.49. The Morgan fingerprint density at radius 2 is 1.85 bits per heavy atom. The minimum absolute atomic E-state index is 0.514. The maximum Gasteiger partial charge on any atom is 0.128 e. The van der Waals surface area contributed by atoms with Gasteiger partial charge in [0, 0.05) is 19.1 Å². The lowest BCUT2D eigenvalue weighted by Crippen LogP contribution is -2.30. The molecule has 1 N–H and O–H groups in total. The summed E-state index contributed by atoms with van der Waals surface area (Å²) in [5.74, 6) is 1.91.